The van der Waals surface area contributed by atoms with Crippen molar-refractivity contribution in [2.24, 2.45) is 11.8 Å². The summed E-state index contributed by atoms with van der Waals surface area (Å²) in [5.74, 6) is 1.55. The van der Waals surface area contributed by atoms with E-state index < -0.39 is 0 Å². The number of carbonyl (C=O) groups excluding carboxylic acids is 1. The zero-order chi connectivity index (χ0) is 14.6. The molecular formula is C17H31NO2. The van der Waals surface area contributed by atoms with E-state index in [9.17, 15) is 4.79 Å². The minimum absolute atomic E-state index is 0.0163. The number of carbonyl (C=O) groups is 1. The van der Waals surface area contributed by atoms with Gasteiger partial charge < -0.3 is 4.74 Å². The van der Waals surface area contributed by atoms with E-state index in [1.54, 1.807) is 0 Å². The van der Waals surface area contributed by atoms with E-state index in [4.69, 9.17) is 4.74 Å². The molecule has 3 nitrogen and oxygen atoms in total. The van der Waals surface area contributed by atoms with E-state index in [1.165, 1.54) is 32.1 Å². The van der Waals surface area contributed by atoms with Gasteiger partial charge in [0.05, 0.1) is 6.54 Å². The molecule has 2 aliphatic rings. The van der Waals surface area contributed by atoms with Crippen molar-refractivity contribution in [2.75, 3.05) is 19.6 Å². The highest BCUT2D eigenvalue weighted by atomic mass is 16.6. The van der Waals surface area contributed by atoms with Crippen LogP contribution in [0.5, 0.6) is 0 Å². The molecule has 0 bridgehead atoms. The minimum Gasteiger partial charge on any atom is -0.458 e. The van der Waals surface area contributed by atoms with Gasteiger partial charge in [-0.05, 0) is 70.4 Å². The van der Waals surface area contributed by atoms with Gasteiger partial charge in [-0.15, -0.1) is 0 Å². The molecule has 0 aromatic carbocycles. The first kappa shape index (κ1) is 15.8. The van der Waals surface area contributed by atoms with Gasteiger partial charge in [-0.2, -0.15) is 0 Å². The molecule has 2 fully saturated rings. The van der Waals surface area contributed by atoms with Crippen molar-refractivity contribution in [3.05, 3.63) is 0 Å². The molecule has 0 amide bonds. The number of piperidine rings is 1. The first-order valence-corrected chi connectivity index (χ1v) is 8.43. The molecule has 3 heteroatoms. The first-order chi connectivity index (χ1) is 9.48. The molecular weight excluding hydrogens is 250 g/mol. The van der Waals surface area contributed by atoms with E-state index >= 15 is 0 Å². The van der Waals surface area contributed by atoms with Crippen LogP contribution in [0.25, 0.3) is 0 Å². The Morgan fingerprint density at radius 1 is 1.20 bits per heavy atom. The molecule has 0 unspecified atom stereocenters. The summed E-state index contributed by atoms with van der Waals surface area (Å²) in [5, 5.41) is 0. The lowest BCUT2D eigenvalue weighted by Gasteiger charge is -2.38. The van der Waals surface area contributed by atoms with Gasteiger partial charge >= 0.3 is 5.97 Å². The average Bonchev–Trinajstić information content (AvgIpc) is 2.39. The van der Waals surface area contributed by atoms with Crippen molar-refractivity contribution in [1.82, 2.24) is 4.90 Å². The Morgan fingerprint density at radius 2 is 1.80 bits per heavy atom. The minimum atomic E-state index is -0.210. The van der Waals surface area contributed by atoms with Gasteiger partial charge in [0.25, 0.3) is 0 Å². The molecule has 20 heavy (non-hydrogen) atoms. The first-order valence-electron chi connectivity index (χ1n) is 8.43. The predicted molar refractivity (Wildman–Crippen MR) is 81.6 cm³/mol. The second kappa shape index (κ2) is 6.93. The Bertz CT molecular complexity index is 313. The predicted octanol–water partition coefficient (Wildman–Crippen LogP) is 3.62. The maximum absolute atomic E-state index is 12.1. The molecule has 0 radical (unpaired) electrons. The average molecular weight is 281 g/mol. The Hall–Kier alpha value is -0.570. The number of hydrogen-bond acceptors (Lipinski definition) is 3. The highest BCUT2D eigenvalue weighted by molar-refractivity contribution is 5.72. The molecule has 0 atom stereocenters. The second-order valence-corrected chi connectivity index (χ2v) is 7.34. The zero-order valence-corrected chi connectivity index (χ0v) is 13.5. The van der Waals surface area contributed by atoms with Crippen molar-refractivity contribution in [3.63, 3.8) is 0 Å². The van der Waals surface area contributed by atoms with Crippen molar-refractivity contribution in [2.45, 2.75) is 71.3 Å². The molecule has 1 heterocycles. The summed E-state index contributed by atoms with van der Waals surface area (Å²) in [6, 6.07) is 0. The SMILES string of the molecule is CC(C)C1CCC(C)(OC(=O)CN2CCCCC2)CC1. The Morgan fingerprint density at radius 3 is 2.35 bits per heavy atom. The Kier molecular flexibility index (Phi) is 5.48. The third-order valence-electron chi connectivity index (χ3n) is 5.19. The lowest BCUT2D eigenvalue weighted by molar-refractivity contribution is -0.163. The fraction of sp³-hybridized carbons (Fsp3) is 0.941. The molecule has 0 N–H and O–H groups in total. The fourth-order valence-electron chi connectivity index (χ4n) is 3.63. The summed E-state index contributed by atoms with van der Waals surface area (Å²) >= 11 is 0. The van der Waals surface area contributed by atoms with Gasteiger partial charge in [0, 0.05) is 0 Å². The molecule has 0 aromatic heterocycles. The summed E-state index contributed by atoms with van der Waals surface area (Å²) in [6.45, 7) is 9.33. The highest BCUT2D eigenvalue weighted by Crippen LogP contribution is 2.37. The second-order valence-electron chi connectivity index (χ2n) is 7.34. The third kappa shape index (κ3) is 4.47. The Balaban J connectivity index is 1.75. The summed E-state index contributed by atoms with van der Waals surface area (Å²) in [5.41, 5.74) is -0.210. The van der Waals surface area contributed by atoms with Gasteiger partial charge in [0.1, 0.15) is 5.60 Å². The topological polar surface area (TPSA) is 29.5 Å². The van der Waals surface area contributed by atoms with Crippen LogP contribution in [0.2, 0.25) is 0 Å². The summed E-state index contributed by atoms with van der Waals surface area (Å²) in [7, 11) is 0. The van der Waals surface area contributed by atoms with Crippen molar-refractivity contribution < 1.29 is 9.53 Å². The van der Waals surface area contributed by atoms with Gasteiger partial charge in [-0.1, -0.05) is 20.3 Å². The molecule has 2 rings (SSSR count). The van der Waals surface area contributed by atoms with Gasteiger partial charge in [0.2, 0.25) is 0 Å². The highest BCUT2D eigenvalue weighted by Gasteiger charge is 2.35. The maximum atomic E-state index is 12.1. The largest absolute Gasteiger partial charge is 0.458 e. The van der Waals surface area contributed by atoms with Crippen LogP contribution in [0.4, 0.5) is 0 Å². The molecule has 1 saturated carbocycles. The maximum Gasteiger partial charge on any atom is 0.320 e. The van der Waals surface area contributed by atoms with Gasteiger partial charge in [-0.3, -0.25) is 9.69 Å². The third-order valence-corrected chi connectivity index (χ3v) is 5.19. The smallest absolute Gasteiger partial charge is 0.320 e. The molecule has 1 aliphatic heterocycles. The molecule has 1 saturated heterocycles. The Labute approximate surface area is 124 Å². The summed E-state index contributed by atoms with van der Waals surface area (Å²) in [6.07, 6.45) is 8.21. The molecule has 0 aromatic rings. The number of ether oxygens (including phenoxy) is 1. The van der Waals surface area contributed by atoms with Crippen molar-refractivity contribution in [1.29, 1.82) is 0 Å². The van der Waals surface area contributed by atoms with Crippen LogP contribution >= 0.6 is 0 Å². The summed E-state index contributed by atoms with van der Waals surface area (Å²) < 4.78 is 5.83. The van der Waals surface area contributed by atoms with E-state index in [0.29, 0.717) is 6.54 Å². The van der Waals surface area contributed by atoms with Crippen LogP contribution in [0.3, 0.4) is 0 Å². The van der Waals surface area contributed by atoms with Crippen LogP contribution in [0.15, 0.2) is 0 Å². The zero-order valence-electron chi connectivity index (χ0n) is 13.5. The van der Waals surface area contributed by atoms with Crippen LogP contribution in [0.1, 0.15) is 65.7 Å². The quantitative estimate of drug-likeness (QED) is 0.737. The van der Waals surface area contributed by atoms with Gasteiger partial charge in [-0.25, -0.2) is 0 Å². The van der Waals surface area contributed by atoms with E-state index in [1.807, 2.05) is 0 Å². The molecule has 116 valence electrons. The van der Waals surface area contributed by atoms with Gasteiger partial charge in [0.15, 0.2) is 0 Å². The molecule has 1 aliphatic carbocycles. The molecule has 0 spiro atoms. The number of likely N-dealkylation sites (tertiary alicyclic amines) is 1. The normalized spacial score (nSPS) is 32.3. The number of esters is 1. The summed E-state index contributed by atoms with van der Waals surface area (Å²) in [4.78, 5) is 14.4. The van der Waals surface area contributed by atoms with Crippen LogP contribution in [-0.2, 0) is 9.53 Å². The van der Waals surface area contributed by atoms with E-state index in [0.717, 1.165) is 37.8 Å². The van der Waals surface area contributed by atoms with Crippen molar-refractivity contribution in [3.8, 4) is 0 Å². The fourth-order valence-corrected chi connectivity index (χ4v) is 3.63. The number of hydrogen-bond donors (Lipinski definition) is 0. The number of rotatable bonds is 4. The van der Waals surface area contributed by atoms with Crippen LogP contribution < -0.4 is 0 Å². The van der Waals surface area contributed by atoms with Crippen LogP contribution in [-0.4, -0.2) is 36.1 Å². The van der Waals surface area contributed by atoms with E-state index in [2.05, 4.69) is 25.7 Å². The van der Waals surface area contributed by atoms with E-state index in [-0.39, 0.29) is 11.6 Å². The standard InChI is InChI=1S/C17H31NO2/c1-14(2)15-7-9-17(3,10-8-15)20-16(19)13-18-11-5-4-6-12-18/h14-15H,4-13H2,1-3H3. The number of nitrogens with zero attached hydrogens (tertiary/aromatic N) is 1. The lowest BCUT2D eigenvalue weighted by Crippen LogP contribution is -2.41. The van der Waals surface area contributed by atoms with Crippen LogP contribution in [0, 0.1) is 11.8 Å². The monoisotopic (exact) mass is 281 g/mol. The van der Waals surface area contributed by atoms with Crippen molar-refractivity contribution >= 4 is 5.97 Å². The lowest BCUT2D eigenvalue weighted by atomic mass is 9.75.